The summed E-state index contributed by atoms with van der Waals surface area (Å²) >= 11 is 13.3. The molecule has 3 rings (SSSR count). The summed E-state index contributed by atoms with van der Waals surface area (Å²) in [5.41, 5.74) is 1.27. The molecule has 2 heterocycles. The van der Waals surface area contributed by atoms with Gasteiger partial charge in [0.05, 0.1) is 22.2 Å². The molecule has 0 spiro atoms. The van der Waals surface area contributed by atoms with Crippen LogP contribution in [-0.2, 0) is 4.74 Å². The Morgan fingerprint density at radius 1 is 1.55 bits per heavy atom. The number of esters is 1. The fraction of sp³-hybridized carbons (Fsp3) is 0.385. The Labute approximate surface area is 129 Å². The van der Waals surface area contributed by atoms with Crippen LogP contribution in [0.3, 0.4) is 0 Å². The summed E-state index contributed by atoms with van der Waals surface area (Å²) in [6, 6.07) is 1.69. The maximum Gasteiger partial charge on any atom is 0.376 e. The highest BCUT2D eigenvalue weighted by molar-refractivity contribution is 7.20. The second kappa shape index (κ2) is 5.39. The minimum absolute atomic E-state index is 0.183. The average molecular weight is 332 g/mol. The van der Waals surface area contributed by atoms with E-state index in [-0.39, 0.29) is 11.7 Å². The average Bonchev–Trinajstić information content (AvgIpc) is 3.06. The van der Waals surface area contributed by atoms with Crippen molar-refractivity contribution in [3.05, 3.63) is 26.2 Å². The monoisotopic (exact) mass is 331 g/mol. The first-order chi connectivity index (χ1) is 9.60. The lowest BCUT2D eigenvalue weighted by Crippen LogP contribution is -2.05. The van der Waals surface area contributed by atoms with Gasteiger partial charge in [-0.15, -0.1) is 11.3 Å². The van der Waals surface area contributed by atoms with Crippen LogP contribution in [0.2, 0.25) is 8.67 Å². The molecule has 1 aliphatic carbocycles. The lowest BCUT2D eigenvalue weighted by Gasteiger charge is -1.98. The molecule has 0 aliphatic heterocycles. The van der Waals surface area contributed by atoms with Crippen molar-refractivity contribution in [1.29, 1.82) is 0 Å². The molecule has 4 nitrogen and oxygen atoms in total. The normalized spacial score (nSPS) is 14.6. The van der Waals surface area contributed by atoms with Crippen LogP contribution in [0.5, 0.6) is 0 Å². The van der Waals surface area contributed by atoms with Crippen molar-refractivity contribution < 1.29 is 13.9 Å². The number of ether oxygens (including phenoxy) is 1. The Morgan fingerprint density at radius 2 is 2.30 bits per heavy atom. The summed E-state index contributed by atoms with van der Waals surface area (Å²) in [5.74, 6) is 0.302. The summed E-state index contributed by atoms with van der Waals surface area (Å²) in [5, 5.41) is 0. The maximum absolute atomic E-state index is 11.9. The quantitative estimate of drug-likeness (QED) is 0.757. The molecule has 1 aliphatic rings. The number of halogens is 2. The highest BCUT2D eigenvalue weighted by Crippen LogP contribution is 2.44. The first-order valence-electron chi connectivity index (χ1n) is 6.23. The van der Waals surface area contributed by atoms with Crippen LogP contribution >= 0.6 is 34.5 Å². The van der Waals surface area contributed by atoms with Crippen LogP contribution in [-0.4, -0.2) is 17.6 Å². The van der Waals surface area contributed by atoms with Crippen molar-refractivity contribution in [3.63, 3.8) is 0 Å². The Balaban J connectivity index is 2.03. The Kier molecular flexibility index (Phi) is 3.75. The third kappa shape index (κ3) is 2.57. The molecule has 20 heavy (non-hydrogen) atoms. The van der Waals surface area contributed by atoms with Crippen molar-refractivity contribution in [2.24, 2.45) is 0 Å². The van der Waals surface area contributed by atoms with E-state index in [9.17, 15) is 4.79 Å². The van der Waals surface area contributed by atoms with Crippen molar-refractivity contribution in [2.45, 2.75) is 25.7 Å². The van der Waals surface area contributed by atoms with Crippen LogP contribution in [0, 0.1) is 0 Å². The Bertz CT molecular complexity index is 661. The predicted molar refractivity (Wildman–Crippen MR) is 77.8 cm³/mol. The minimum atomic E-state index is -0.481. The summed E-state index contributed by atoms with van der Waals surface area (Å²) in [6.07, 6.45) is 2.02. The molecule has 2 aromatic heterocycles. The number of carbonyl (C=O) groups is 1. The molecule has 1 fully saturated rings. The number of aromatic nitrogens is 1. The molecular weight excluding hydrogens is 321 g/mol. The topological polar surface area (TPSA) is 52.3 Å². The van der Waals surface area contributed by atoms with Gasteiger partial charge in [-0.05, 0) is 25.8 Å². The molecular formula is C13H11Cl2NO3S. The summed E-state index contributed by atoms with van der Waals surface area (Å²) in [7, 11) is 0. The fourth-order valence-corrected chi connectivity index (χ4v) is 3.36. The molecule has 0 saturated heterocycles. The van der Waals surface area contributed by atoms with E-state index < -0.39 is 5.97 Å². The van der Waals surface area contributed by atoms with E-state index in [1.807, 2.05) is 0 Å². The summed E-state index contributed by atoms with van der Waals surface area (Å²) in [4.78, 5) is 16.3. The van der Waals surface area contributed by atoms with Gasteiger partial charge in [-0.3, -0.25) is 0 Å². The third-order valence-electron chi connectivity index (χ3n) is 2.97. The predicted octanol–water partition coefficient (Wildman–Crippen LogP) is 4.76. The highest BCUT2D eigenvalue weighted by Gasteiger charge is 2.34. The van der Waals surface area contributed by atoms with Gasteiger partial charge in [0.25, 0.3) is 0 Å². The zero-order valence-corrected chi connectivity index (χ0v) is 12.9. The summed E-state index contributed by atoms with van der Waals surface area (Å²) < 4.78 is 11.6. The molecule has 7 heteroatoms. The standard InChI is InChI=1S/C13H11Cl2NO3S/c1-2-18-13(17)10-9(6-3-4-6)16-12(19-10)7-5-8(14)20-11(7)15/h5-6H,2-4H2,1H3. The molecule has 1 saturated carbocycles. The van der Waals surface area contributed by atoms with Crippen molar-refractivity contribution in [2.75, 3.05) is 6.61 Å². The van der Waals surface area contributed by atoms with E-state index >= 15 is 0 Å². The molecule has 106 valence electrons. The number of hydrogen-bond donors (Lipinski definition) is 0. The molecule has 0 aromatic carbocycles. The van der Waals surface area contributed by atoms with Gasteiger partial charge in [0.1, 0.15) is 4.34 Å². The van der Waals surface area contributed by atoms with Gasteiger partial charge in [-0.2, -0.15) is 0 Å². The van der Waals surface area contributed by atoms with Gasteiger partial charge in [0.15, 0.2) is 0 Å². The SMILES string of the molecule is CCOC(=O)c1oc(-c2cc(Cl)sc2Cl)nc1C1CC1. The van der Waals surface area contributed by atoms with Gasteiger partial charge in [0, 0.05) is 5.92 Å². The Morgan fingerprint density at radius 3 is 2.85 bits per heavy atom. The second-order valence-electron chi connectivity index (χ2n) is 4.47. The van der Waals surface area contributed by atoms with Crippen molar-refractivity contribution in [3.8, 4) is 11.5 Å². The molecule has 0 N–H and O–H groups in total. The maximum atomic E-state index is 11.9. The smallest absolute Gasteiger partial charge is 0.376 e. The molecule has 0 unspecified atom stereocenters. The molecule has 2 aromatic rings. The number of oxazole rings is 1. The van der Waals surface area contributed by atoms with Gasteiger partial charge in [-0.1, -0.05) is 23.2 Å². The van der Waals surface area contributed by atoms with E-state index in [4.69, 9.17) is 32.4 Å². The Hall–Kier alpha value is -1.04. The fourth-order valence-electron chi connectivity index (χ4n) is 1.91. The molecule has 0 bridgehead atoms. The summed E-state index contributed by atoms with van der Waals surface area (Å²) in [6.45, 7) is 2.05. The van der Waals surface area contributed by atoms with Crippen LogP contribution < -0.4 is 0 Å². The first-order valence-corrected chi connectivity index (χ1v) is 7.80. The number of carbonyl (C=O) groups excluding carboxylic acids is 1. The molecule has 0 radical (unpaired) electrons. The third-order valence-corrected chi connectivity index (χ3v) is 4.45. The lowest BCUT2D eigenvalue weighted by atomic mass is 10.2. The van der Waals surface area contributed by atoms with Crippen LogP contribution in [0.15, 0.2) is 10.5 Å². The minimum Gasteiger partial charge on any atom is -0.460 e. The first kappa shape index (κ1) is 13.9. The number of hydrogen-bond acceptors (Lipinski definition) is 5. The van der Waals surface area contributed by atoms with Crippen LogP contribution in [0.25, 0.3) is 11.5 Å². The number of rotatable bonds is 4. The van der Waals surface area contributed by atoms with Gasteiger partial charge >= 0.3 is 5.97 Å². The van der Waals surface area contributed by atoms with Crippen molar-refractivity contribution in [1.82, 2.24) is 4.98 Å². The molecule has 0 atom stereocenters. The van der Waals surface area contributed by atoms with Gasteiger partial charge < -0.3 is 9.15 Å². The van der Waals surface area contributed by atoms with E-state index in [2.05, 4.69) is 4.98 Å². The van der Waals surface area contributed by atoms with Crippen LogP contribution in [0.1, 0.15) is 41.9 Å². The van der Waals surface area contributed by atoms with Crippen molar-refractivity contribution >= 4 is 40.5 Å². The highest BCUT2D eigenvalue weighted by atomic mass is 35.5. The largest absolute Gasteiger partial charge is 0.460 e. The second-order valence-corrected chi connectivity index (χ2v) is 6.75. The van der Waals surface area contributed by atoms with E-state index in [1.165, 1.54) is 11.3 Å². The number of thiophene rings is 1. The molecule has 0 amide bonds. The van der Waals surface area contributed by atoms with E-state index in [1.54, 1.807) is 13.0 Å². The van der Waals surface area contributed by atoms with Gasteiger partial charge in [0.2, 0.25) is 11.7 Å². The van der Waals surface area contributed by atoms with E-state index in [0.29, 0.717) is 32.4 Å². The van der Waals surface area contributed by atoms with E-state index in [0.717, 1.165) is 12.8 Å². The van der Waals surface area contributed by atoms with Gasteiger partial charge in [-0.25, -0.2) is 9.78 Å². The lowest BCUT2D eigenvalue weighted by molar-refractivity contribution is 0.0489. The number of nitrogens with zero attached hydrogens (tertiary/aromatic N) is 1. The zero-order chi connectivity index (χ0) is 14.3. The van der Waals surface area contributed by atoms with Crippen LogP contribution in [0.4, 0.5) is 0 Å². The zero-order valence-electron chi connectivity index (χ0n) is 10.6.